The Hall–Kier alpha value is -3.21. The van der Waals surface area contributed by atoms with E-state index < -0.39 is 5.97 Å². The van der Waals surface area contributed by atoms with E-state index in [1.807, 2.05) is 56.3 Å². The summed E-state index contributed by atoms with van der Waals surface area (Å²) in [5, 5.41) is 13.8. The summed E-state index contributed by atoms with van der Waals surface area (Å²) in [6.07, 6.45) is 5.58. The Bertz CT molecular complexity index is 850. The number of esters is 1. The molecule has 5 nitrogen and oxygen atoms in total. The van der Waals surface area contributed by atoms with E-state index in [0.29, 0.717) is 23.5 Å². The third-order valence-electron chi connectivity index (χ3n) is 3.95. The second-order valence-electron chi connectivity index (χ2n) is 6.16. The normalized spacial score (nSPS) is 10.5. The molecule has 0 fully saturated rings. The number of allylic oxidation sites excluding steroid dienone is 1. The summed E-state index contributed by atoms with van der Waals surface area (Å²) in [6, 6.07) is 11.4. The summed E-state index contributed by atoms with van der Waals surface area (Å²) in [4.78, 5) is 12.3. The largest absolute Gasteiger partial charge is 0.505 e. The number of ether oxygens (including phenoxy) is 2. The lowest BCUT2D eigenvalue weighted by Gasteiger charge is -2.16. The smallest absolute Gasteiger partial charge is 0.342 e. The minimum atomic E-state index is -0.617. The number of anilines is 1. The Balaban J connectivity index is 2.52. The van der Waals surface area contributed by atoms with E-state index in [2.05, 4.69) is 5.32 Å². The first-order valence-corrected chi connectivity index (χ1v) is 8.60. The number of phenols is 1. The van der Waals surface area contributed by atoms with E-state index in [1.54, 1.807) is 12.1 Å². The van der Waals surface area contributed by atoms with Crippen LogP contribution in [0.25, 0.3) is 12.2 Å². The molecule has 0 bridgehead atoms. The Labute approximate surface area is 159 Å². The van der Waals surface area contributed by atoms with Crippen molar-refractivity contribution in [2.24, 2.45) is 0 Å². The molecular formula is C22H25NO4. The molecule has 0 saturated carbocycles. The summed E-state index contributed by atoms with van der Waals surface area (Å²) in [7, 11) is 2.80. The van der Waals surface area contributed by atoms with Gasteiger partial charge in [-0.1, -0.05) is 54.1 Å². The van der Waals surface area contributed by atoms with Crippen LogP contribution in [0.1, 0.15) is 35.3 Å². The first kappa shape index (κ1) is 20.1. The highest BCUT2D eigenvalue weighted by molar-refractivity contribution is 6.00. The molecule has 2 aromatic rings. The van der Waals surface area contributed by atoms with Crippen LogP contribution in [0.4, 0.5) is 5.69 Å². The zero-order chi connectivity index (χ0) is 19.8. The van der Waals surface area contributed by atoms with Gasteiger partial charge in [-0.05, 0) is 31.0 Å². The lowest BCUT2D eigenvalue weighted by atomic mass is 10.0. The SMILES string of the molecule is COC(=O)c1c(/C=C/c2ccccc2)cc(OC)c(NCC=C(C)C)c1O. The second-order valence-corrected chi connectivity index (χ2v) is 6.16. The first-order chi connectivity index (χ1) is 13.0. The molecule has 5 heteroatoms. The number of carbonyl (C=O) groups excluding carboxylic acids is 1. The van der Waals surface area contributed by atoms with Crippen LogP contribution in [0.3, 0.4) is 0 Å². The van der Waals surface area contributed by atoms with Crippen LogP contribution in [0.15, 0.2) is 48.0 Å². The molecule has 2 aromatic carbocycles. The van der Waals surface area contributed by atoms with Gasteiger partial charge < -0.3 is 19.9 Å². The fraction of sp³-hybridized carbons (Fsp3) is 0.227. The zero-order valence-corrected chi connectivity index (χ0v) is 16.1. The highest BCUT2D eigenvalue weighted by Gasteiger charge is 2.22. The van der Waals surface area contributed by atoms with Gasteiger partial charge in [-0.25, -0.2) is 4.79 Å². The summed E-state index contributed by atoms with van der Waals surface area (Å²) < 4.78 is 10.3. The molecule has 27 heavy (non-hydrogen) atoms. The predicted octanol–water partition coefficient (Wildman–Crippen LogP) is 4.74. The molecule has 2 rings (SSSR count). The molecule has 0 aliphatic rings. The molecule has 0 saturated heterocycles. The number of nitrogens with one attached hydrogen (secondary N) is 1. The van der Waals surface area contributed by atoms with Gasteiger partial charge in [0.25, 0.3) is 0 Å². The molecule has 0 aliphatic carbocycles. The van der Waals surface area contributed by atoms with Gasteiger partial charge in [0.15, 0.2) is 5.75 Å². The Kier molecular flexibility index (Phi) is 7.06. The van der Waals surface area contributed by atoms with E-state index in [0.717, 1.165) is 11.1 Å². The summed E-state index contributed by atoms with van der Waals surface area (Å²) in [6.45, 7) is 4.46. The molecule has 142 valence electrons. The van der Waals surface area contributed by atoms with Crippen molar-refractivity contribution < 1.29 is 19.4 Å². The highest BCUT2D eigenvalue weighted by Crippen LogP contribution is 2.40. The predicted molar refractivity (Wildman–Crippen MR) is 109 cm³/mol. The van der Waals surface area contributed by atoms with Crippen molar-refractivity contribution in [1.29, 1.82) is 0 Å². The lowest BCUT2D eigenvalue weighted by Crippen LogP contribution is -2.09. The molecule has 0 unspecified atom stereocenters. The third kappa shape index (κ3) is 5.14. The number of methoxy groups -OCH3 is 2. The molecule has 0 heterocycles. The van der Waals surface area contributed by atoms with E-state index in [9.17, 15) is 9.90 Å². The van der Waals surface area contributed by atoms with Crippen molar-refractivity contribution in [3.05, 3.63) is 64.7 Å². The summed E-state index contributed by atoms with van der Waals surface area (Å²) >= 11 is 0. The maximum Gasteiger partial charge on any atom is 0.342 e. The van der Waals surface area contributed by atoms with Crippen molar-refractivity contribution >= 4 is 23.8 Å². The molecule has 0 amide bonds. The minimum Gasteiger partial charge on any atom is -0.505 e. The Morgan fingerprint density at radius 1 is 1.15 bits per heavy atom. The minimum absolute atomic E-state index is 0.0881. The van der Waals surface area contributed by atoms with Crippen LogP contribution >= 0.6 is 0 Å². The molecule has 0 spiro atoms. The maximum atomic E-state index is 12.3. The van der Waals surface area contributed by atoms with Crippen LogP contribution in [-0.4, -0.2) is 31.8 Å². The van der Waals surface area contributed by atoms with Gasteiger partial charge in [0.1, 0.15) is 17.0 Å². The highest BCUT2D eigenvalue weighted by atomic mass is 16.5. The summed E-state index contributed by atoms with van der Waals surface area (Å²) in [5.74, 6) is -0.376. The molecule has 0 aliphatic heterocycles. The van der Waals surface area contributed by atoms with Crippen molar-refractivity contribution in [2.45, 2.75) is 13.8 Å². The average Bonchev–Trinajstić information content (AvgIpc) is 2.67. The number of benzene rings is 2. The van der Waals surface area contributed by atoms with Crippen LogP contribution in [0.5, 0.6) is 11.5 Å². The standard InChI is InChI=1S/C22H25NO4/c1-15(2)12-13-23-20-18(26-3)14-17(19(21(20)24)22(25)27-4)11-10-16-8-6-5-7-9-16/h5-12,14,23-24H,13H2,1-4H3/b11-10+. The number of hydrogen-bond donors (Lipinski definition) is 2. The fourth-order valence-corrected chi connectivity index (χ4v) is 2.55. The van der Waals surface area contributed by atoms with Gasteiger partial charge >= 0.3 is 5.97 Å². The van der Waals surface area contributed by atoms with Crippen molar-refractivity contribution in [3.8, 4) is 11.5 Å². The number of rotatable bonds is 7. The molecule has 2 N–H and O–H groups in total. The van der Waals surface area contributed by atoms with E-state index in [1.165, 1.54) is 14.2 Å². The summed E-state index contributed by atoms with van der Waals surface area (Å²) in [5.41, 5.74) is 3.05. The molecule has 0 aromatic heterocycles. The Morgan fingerprint density at radius 3 is 2.44 bits per heavy atom. The van der Waals surface area contributed by atoms with Gasteiger partial charge in [0.05, 0.1) is 14.2 Å². The quantitative estimate of drug-likeness (QED) is 0.320. The average molecular weight is 367 g/mol. The number of phenolic OH excluding ortho intramolecular Hbond substituents is 1. The second kappa shape index (κ2) is 9.48. The monoisotopic (exact) mass is 367 g/mol. The van der Waals surface area contributed by atoms with Gasteiger partial charge in [-0.3, -0.25) is 0 Å². The fourth-order valence-electron chi connectivity index (χ4n) is 2.55. The number of hydrogen-bond acceptors (Lipinski definition) is 5. The van der Waals surface area contributed by atoms with E-state index >= 15 is 0 Å². The number of carbonyl (C=O) groups is 1. The molecular weight excluding hydrogens is 342 g/mol. The topological polar surface area (TPSA) is 67.8 Å². The van der Waals surface area contributed by atoms with Gasteiger partial charge in [-0.15, -0.1) is 0 Å². The maximum absolute atomic E-state index is 12.3. The molecule has 0 radical (unpaired) electrons. The van der Waals surface area contributed by atoms with Crippen molar-refractivity contribution in [1.82, 2.24) is 0 Å². The van der Waals surface area contributed by atoms with E-state index in [4.69, 9.17) is 9.47 Å². The van der Waals surface area contributed by atoms with Crippen LogP contribution in [0, 0.1) is 0 Å². The van der Waals surface area contributed by atoms with Crippen LogP contribution in [0.2, 0.25) is 0 Å². The van der Waals surface area contributed by atoms with E-state index in [-0.39, 0.29) is 11.3 Å². The van der Waals surface area contributed by atoms with Gasteiger partial charge in [-0.2, -0.15) is 0 Å². The third-order valence-corrected chi connectivity index (χ3v) is 3.95. The lowest BCUT2D eigenvalue weighted by molar-refractivity contribution is 0.0597. The first-order valence-electron chi connectivity index (χ1n) is 8.60. The zero-order valence-electron chi connectivity index (χ0n) is 16.1. The van der Waals surface area contributed by atoms with Gasteiger partial charge in [0.2, 0.25) is 0 Å². The van der Waals surface area contributed by atoms with Crippen LogP contribution in [-0.2, 0) is 4.74 Å². The molecule has 0 atom stereocenters. The van der Waals surface area contributed by atoms with Crippen molar-refractivity contribution in [2.75, 3.05) is 26.1 Å². The van der Waals surface area contributed by atoms with Crippen molar-refractivity contribution in [3.63, 3.8) is 0 Å². The Morgan fingerprint density at radius 2 is 1.85 bits per heavy atom. The van der Waals surface area contributed by atoms with Gasteiger partial charge in [0, 0.05) is 6.54 Å². The number of aromatic hydroxyl groups is 1. The van der Waals surface area contributed by atoms with Crippen LogP contribution < -0.4 is 10.1 Å².